The van der Waals surface area contributed by atoms with E-state index in [0.29, 0.717) is 16.6 Å². The minimum absolute atomic E-state index is 0.00513. The fourth-order valence-corrected chi connectivity index (χ4v) is 3.33. The van der Waals surface area contributed by atoms with Gasteiger partial charge in [0, 0.05) is 17.1 Å². The van der Waals surface area contributed by atoms with Gasteiger partial charge in [-0.2, -0.15) is 31.3 Å². The highest BCUT2D eigenvalue weighted by Crippen LogP contribution is 2.38. The van der Waals surface area contributed by atoms with Gasteiger partial charge in [0.1, 0.15) is 16.3 Å². The van der Waals surface area contributed by atoms with Crippen molar-refractivity contribution in [2.75, 3.05) is 11.9 Å². The van der Waals surface area contributed by atoms with E-state index in [0.717, 1.165) is 12.1 Å². The summed E-state index contributed by atoms with van der Waals surface area (Å²) in [6, 6.07) is 7.71. The number of anilines is 2. The van der Waals surface area contributed by atoms with Crippen LogP contribution in [0.2, 0.25) is 0 Å². The van der Waals surface area contributed by atoms with Gasteiger partial charge in [-0.05, 0) is 43.1 Å². The molecule has 2 heterocycles. The van der Waals surface area contributed by atoms with Crippen molar-refractivity contribution in [3.63, 3.8) is 0 Å². The highest BCUT2D eigenvalue weighted by Gasteiger charge is 2.37. The number of nitrogens with two attached hydrogens (primary N) is 2. The number of ether oxygens (including phenoxy) is 1. The molecule has 0 aliphatic carbocycles. The summed E-state index contributed by atoms with van der Waals surface area (Å²) in [5, 5.41) is 8.50. The van der Waals surface area contributed by atoms with Gasteiger partial charge in [-0.25, -0.2) is 0 Å². The van der Waals surface area contributed by atoms with Gasteiger partial charge >= 0.3 is 12.4 Å². The van der Waals surface area contributed by atoms with Crippen LogP contribution in [0.4, 0.5) is 37.8 Å². The molecule has 0 bridgehead atoms. The average molecular weight is 489 g/mol. The van der Waals surface area contributed by atoms with Crippen molar-refractivity contribution in [1.29, 1.82) is 0 Å². The number of aromatic nitrogens is 2. The molecule has 5 N–H and O–H groups in total. The molecule has 0 spiro atoms. The van der Waals surface area contributed by atoms with Gasteiger partial charge in [0.25, 0.3) is 0 Å². The first-order chi connectivity index (χ1) is 15.5. The number of allylic oxidation sites excluding steroid dienone is 1. The van der Waals surface area contributed by atoms with Crippen molar-refractivity contribution >= 4 is 40.1 Å². The molecule has 0 aliphatic rings. The number of nitrogens with one attached hydrogen (secondary N) is 1. The maximum Gasteiger partial charge on any atom is 0.425 e. The minimum atomic E-state index is -4.72. The lowest BCUT2D eigenvalue weighted by molar-refractivity contribution is -0.139. The number of hydrogen-bond donors (Lipinski definition) is 3. The number of fused-ring (bicyclic) bond motifs is 1. The number of hydrogen-bond acceptors (Lipinski definition) is 7. The molecule has 176 valence electrons. The summed E-state index contributed by atoms with van der Waals surface area (Å²) in [5.74, 6) is -0.506. The van der Waals surface area contributed by atoms with Crippen LogP contribution in [0.1, 0.15) is 18.1 Å². The zero-order chi connectivity index (χ0) is 24.4. The van der Waals surface area contributed by atoms with Crippen LogP contribution >= 0.6 is 11.9 Å². The minimum Gasteiger partial charge on any atom is -0.477 e. The molecular formula is C20H17F6N5OS. The number of pyridine rings is 2. The molecule has 6 nitrogen and oxygen atoms in total. The first kappa shape index (κ1) is 24.5. The molecular weight excluding hydrogens is 472 g/mol. The zero-order valence-corrected chi connectivity index (χ0v) is 17.7. The maximum atomic E-state index is 13.2. The van der Waals surface area contributed by atoms with E-state index in [2.05, 4.69) is 15.3 Å². The Morgan fingerprint density at radius 1 is 1.09 bits per heavy atom. The Morgan fingerprint density at radius 2 is 1.82 bits per heavy atom. The second kappa shape index (κ2) is 9.35. The topological polar surface area (TPSA) is 99.1 Å². The normalized spacial score (nSPS) is 13.1. The van der Waals surface area contributed by atoms with Crippen LogP contribution in [0.15, 0.2) is 47.5 Å². The largest absolute Gasteiger partial charge is 0.477 e. The molecule has 0 unspecified atom stereocenters. The quantitative estimate of drug-likeness (QED) is 0.307. The van der Waals surface area contributed by atoms with Crippen molar-refractivity contribution in [3.8, 4) is 5.88 Å². The van der Waals surface area contributed by atoms with Crippen LogP contribution in [0.25, 0.3) is 16.6 Å². The lowest BCUT2D eigenvalue weighted by Gasteiger charge is -2.15. The SMILES string of the molecule is CCOc1nc(Nc2ccnc3cc(/C(N)=C(/SN)C(F)(F)F)ccc23)ccc1C(F)(F)F. The third-order valence-corrected chi connectivity index (χ3v) is 5.07. The molecule has 0 aliphatic heterocycles. The van der Waals surface area contributed by atoms with E-state index in [1.165, 1.54) is 37.4 Å². The monoisotopic (exact) mass is 489 g/mol. The summed E-state index contributed by atoms with van der Waals surface area (Å²) in [6.45, 7) is 1.51. The zero-order valence-electron chi connectivity index (χ0n) is 16.9. The first-order valence-electron chi connectivity index (χ1n) is 9.26. The van der Waals surface area contributed by atoms with Gasteiger partial charge in [-0.1, -0.05) is 12.1 Å². The van der Waals surface area contributed by atoms with Crippen molar-refractivity contribution in [2.45, 2.75) is 19.3 Å². The Kier molecular flexibility index (Phi) is 6.93. The third-order valence-electron chi connectivity index (χ3n) is 4.38. The van der Waals surface area contributed by atoms with Gasteiger partial charge in [0.05, 0.1) is 23.5 Å². The van der Waals surface area contributed by atoms with Gasteiger partial charge in [0.15, 0.2) is 0 Å². The van der Waals surface area contributed by atoms with Crippen LogP contribution in [-0.4, -0.2) is 22.8 Å². The fraction of sp³-hybridized carbons (Fsp3) is 0.200. The molecule has 0 radical (unpaired) electrons. The summed E-state index contributed by atoms with van der Waals surface area (Å²) in [7, 11) is 0. The Labute approximate surface area is 188 Å². The van der Waals surface area contributed by atoms with E-state index in [1.54, 1.807) is 0 Å². The number of benzene rings is 1. The lowest BCUT2D eigenvalue weighted by Crippen LogP contribution is -2.16. The Bertz CT molecular complexity index is 1200. The summed E-state index contributed by atoms with van der Waals surface area (Å²) in [5.41, 5.74) is 4.88. The van der Waals surface area contributed by atoms with E-state index in [-0.39, 0.29) is 29.9 Å². The summed E-state index contributed by atoms with van der Waals surface area (Å²) in [4.78, 5) is 6.89. The van der Waals surface area contributed by atoms with Gasteiger partial charge < -0.3 is 15.8 Å². The molecule has 2 aromatic heterocycles. The number of halogens is 6. The second-order valence-corrected chi connectivity index (χ2v) is 7.20. The van der Waals surface area contributed by atoms with Crippen molar-refractivity contribution in [2.24, 2.45) is 10.9 Å². The highest BCUT2D eigenvalue weighted by atomic mass is 32.2. The van der Waals surface area contributed by atoms with Crippen molar-refractivity contribution in [1.82, 2.24) is 9.97 Å². The average Bonchev–Trinajstić information content (AvgIpc) is 2.72. The summed E-state index contributed by atoms with van der Waals surface area (Å²) in [6.07, 6.45) is -7.98. The number of rotatable bonds is 6. The van der Waals surface area contributed by atoms with Crippen LogP contribution in [0, 0.1) is 0 Å². The van der Waals surface area contributed by atoms with Gasteiger partial charge in [-0.3, -0.25) is 10.1 Å². The van der Waals surface area contributed by atoms with E-state index in [4.69, 9.17) is 15.6 Å². The van der Waals surface area contributed by atoms with E-state index >= 15 is 0 Å². The van der Waals surface area contributed by atoms with E-state index < -0.39 is 34.4 Å². The molecule has 3 rings (SSSR count). The van der Waals surface area contributed by atoms with Crippen molar-refractivity contribution < 1.29 is 31.1 Å². The van der Waals surface area contributed by atoms with Crippen molar-refractivity contribution in [3.05, 3.63) is 58.6 Å². The van der Waals surface area contributed by atoms with Crippen LogP contribution < -0.4 is 20.9 Å². The van der Waals surface area contributed by atoms with Gasteiger partial charge in [0.2, 0.25) is 5.88 Å². The predicted molar refractivity (Wildman–Crippen MR) is 114 cm³/mol. The van der Waals surface area contributed by atoms with Crippen LogP contribution in [0.5, 0.6) is 5.88 Å². The summed E-state index contributed by atoms with van der Waals surface area (Å²) < 4.78 is 83.8. The number of nitrogens with zero attached hydrogens (tertiary/aromatic N) is 2. The molecule has 3 aromatic rings. The maximum absolute atomic E-state index is 13.2. The molecule has 33 heavy (non-hydrogen) atoms. The third kappa shape index (κ3) is 5.42. The fourth-order valence-electron chi connectivity index (χ4n) is 2.95. The van der Waals surface area contributed by atoms with Gasteiger partial charge in [-0.15, -0.1) is 0 Å². The molecule has 13 heteroatoms. The highest BCUT2D eigenvalue weighted by molar-refractivity contribution is 8.01. The summed E-state index contributed by atoms with van der Waals surface area (Å²) >= 11 is -0.00513. The molecule has 0 saturated heterocycles. The Morgan fingerprint density at radius 3 is 2.42 bits per heavy atom. The standard InChI is InChI=1S/C20H17F6N5OS/c1-2-32-18-12(19(21,22)23)5-6-15(31-18)30-13-7-8-29-14-9-10(3-4-11(13)14)16(27)17(33-28)20(24,25)26/h3-9H,2,27-28H2,1H3,(H,29,30,31)/b17-16-. The molecule has 0 atom stereocenters. The first-order valence-corrected chi connectivity index (χ1v) is 10.1. The molecule has 0 saturated carbocycles. The smallest absolute Gasteiger partial charge is 0.425 e. The van der Waals surface area contributed by atoms with E-state index in [1.807, 2.05) is 0 Å². The van der Waals surface area contributed by atoms with Crippen LogP contribution in [-0.2, 0) is 6.18 Å². The molecule has 1 aromatic carbocycles. The molecule has 0 fully saturated rings. The second-order valence-electron chi connectivity index (χ2n) is 6.55. The molecule has 0 amide bonds. The number of alkyl halides is 6. The lowest BCUT2D eigenvalue weighted by atomic mass is 10.1. The Balaban J connectivity index is 2.01. The van der Waals surface area contributed by atoms with E-state index in [9.17, 15) is 26.3 Å². The predicted octanol–water partition coefficient (Wildman–Crippen LogP) is 5.59. The Hall–Kier alpha value is -3.19. The van der Waals surface area contributed by atoms with Crippen LogP contribution in [0.3, 0.4) is 0 Å².